The van der Waals surface area contributed by atoms with Crippen molar-refractivity contribution in [2.24, 2.45) is 0 Å². The van der Waals surface area contributed by atoms with Crippen molar-refractivity contribution >= 4 is 12.1 Å². The van der Waals surface area contributed by atoms with E-state index in [9.17, 15) is 9.59 Å². The first kappa shape index (κ1) is 22.0. The Labute approximate surface area is 167 Å². The Balaban J connectivity index is 2.15. The number of ether oxygens (including phenoxy) is 3. The number of carbonyl (C=O) groups excluding carboxylic acids is 2. The summed E-state index contributed by atoms with van der Waals surface area (Å²) in [5.41, 5.74) is 0.467. The summed E-state index contributed by atoms with van der Waals surface area (Å²) < 4.78 is 16.7. The van der Waals surface area contributed by atoms with Crippen LogP contribution in [0.1, 0.15) is 46.1 Å². The van der Waals surface area contributed by atoms with Gasteiger partial charge in [-0.15, -0.1) is 0 Å². The lowest BCUT2D eigenvalue weighted by molar-refractivity contribution is -0.137. The standard InChI is InChI=1S/C22H31NO5/c1-5-26-20(24)14-13-18-19(27-16-17-10-7-6-8-11-17)12-9-15-23(18)21(25)28-22(2,3)4/h6-8,10-11,13-14,18-19H,5,9,12,15-16H2,1-4H3/b14-13+/t18-,19+/m0/s1. The van der Waals surface area contributed by atoms with E-state index in [1.807, 2.05) is 51.1 Å². The molecule has 1 aromatic rings. The molecule has 0 aliphatic carbocycles. The Kier molecular flexibility index (Phi) is 8.05. The largest absolute Gasteiger partial charge is 0.463 e. The topological polar surface area (TPSA) is 65.1 Å². The first-order valence-corrected chi connectivity index (χ1v) is 9.80. The van der Waals surface area contributed by atoms with Gasteiger partial charge in [-0.2, -0.15) is 0 Å². The fraction of sp³-hybridized carbons (Fsp3) is 0.545. The molecule has 0 bridgehead atoms. The summed E-state index contributed by atoms with van der Waals surface area (Å²) in [4.78, 5) is 26.1. The lowest BCUT2D eigenvalue weighted by atomic mass is 9.98. The van der Waals surface area contributed by atoms with Crippen LogP contribution in [-0.2, 0) is 25.6 Å². The fourth-order valence-corrected chi connectivity index (χ4v) is 3.07. The number of piperidine rings is 1. The van der Waals surface area contributed by atoms with Crippen molar-refractivity contribution < 1.29 is 23.8 Å². The molecule has 154 valence electrons. The number of amides is 1. The van der Waals surface area contributed by atoms with E-state index in [4.69, 9.17) is 14.2 Å². The van der Waals surface area contributed by atoms with E-state index < -0.39 is 23.7 Å². The molecule has 1 heterocycles. The van der Waals surface area contributed by atoms with Crippen LogP contribution in [0.25, 0.3) is 0 Å². The zero-order valence-electron chi connectivity index (χ0n) is 17.2. The Morgan fingerprint density at radius 2 is 1.93 bits per heavy atom. The molecular formula is C22H31NO5. The van der Waals surface area contributed by atoms with Gasteiger partial charge in [-0.1, -0.05) is 36.4 Å². The minimum absolute atomic E-state index is 0.229. The number of hydrogen-bond acceptors (Lipinski definition) is 5. The van der Waals surface area contributed by atoms with Gasteiger partial charge in [0.05, 0.1) is 25.4 Å². The zero-order valence-corrected chi connectivity index (χ0v) is 17.2. The number of esters is 1. The lowest BCUT2D eigenvalue weighted by Crippen LogP contribution is -2.52. The van der Waals surface area contributed by atoms with Crippen molar-refractivity contribution in [2.75, 3.05) is 13.2 Å². The molecule has 1 aromatic carbocycles. The van der Waals surface area contributed by atoms with Gasteiger partial charge >= 0.3 is 12.1 Å². The van der Waals surface area contributed by atoms with Crippen molar-refractivity contribution in [3.05, 3.63) is 48.0 Å². The molecule has 0 saturated carbocycles. The predicted octanol–water partition coefficient (Wildman–Crippen LogP) is 4.09. The first-order valence-electron chi connectivity index (χ1n) is 9.80. The van der Waals surface area contributed by atoms with Gasteiger partial charge in [-0.05, 0) is 46.1 Å². The molecule has 0 spiro atoms. The summed E-state index contributed by atoms with van der Waals surface area (Å²) in [6.45, 7) is 8.56. The van der Waals surface area contributed by atoms with E-state index >= 15 is 0 Å². The molecule has 6 nitrogen and oxygen atoms in total. The number of carbonyl (C=O) groups is 2. The van der Waals surface area contributed by atoms with Gasteiger partial charge in [0.25, 0.3) is 0 Å². The van der Waals surface area contributed by atoms with Crippen LogP contribution in [0.4, 0.5) is 4.79 Å². The molecule has 0 aromatic heterocycles. The van der Waals surface area contributed by atoms with Gasteiger partial charge in [-0.25, -0.2) is 9.59 Å². The molecule has 6 heteroatoms. The molecule has 2 atom stereocenters. The predicted molar refractivity (Wildman–Crippen MR) is 107 cm³/mol. The van der Waals surface area contributed by atoms with Crippen LogP contribution in [0.2, 0.25) is 0 Å². The number of benzene rings is 1. The highest BCUT2D eigenvalue weighted by Gasteiger charge is 2.36. The van der Waals surface area contributed by atoms with Crippen LogP contribution in [0.5, 0.6) is 0 Å². The van der Waals surface area contributed by atoms with E-state index in [1.165, 1.54) is 6.08 Å². The monoisotopic (exact) mass is 389 g/mol. The summed E-state index contributed by atoms with van der Waals surface area (Å²) >= 11 is 0. The van der Waals surface area contributed by atoms with Crippen molar-refractivity contribution in [1.29, 1.82) is 0 Å². The molecule has 28 heavy (non-hydrogen) atoms. The maximum Gasteiger partial charge on any atom is 0.410 e. The van der Waals surface area contributed by atoms with Crippen molar-refractivity contribution in [2.45, 2.75) is 64.9 Å². The van der Waals surface area contributed by atoms with Crippen LogP contribution in [0.3, 0.4) is 0 Å². The van der Waals surface area contributed by atoms with Crippen LogP contribution >= 0.6 is 0 Å². The van der Waals surface area contributed by atoms with Crippen molar-refractivity contribution in [3.63, 3.8) is 0 Å². The maximum atomic E-state index is 12.7. The molecule has 0 N–H and O–H groups in total. The van der Waals surface area contributed by atoms with E-state index in [-0.39, 0.29) is 6.10 Å². The van der Waals surface area contributed by atoms with Crippen molar-refractivity contribution in [3.8, 4) is 0 Å². The SMILES string of the molecule is CCOC(=O)/C=C/[C@H]1[C@H](OCc2ccccc2)CCCN1C(=O)OC(C)(C)C. The van der Waals surface area contributed by atoms with Crippen LogP contribution < -0.4 is 0 Å². The minimum Gasteiger partial charge on any atom is -0.463 e. The fourth-order valence-electron chi connectivity index (χ4n) is 3.07. The van der Waals surface area contributed by atoms with Gasteiger partial charge in [-0.3, -0.25) is 4.90 Å². The molecule has 0 unspecified atom stereocenters. The summed E-state index contributed by atoms with van der Waals surface area (Å²) in [6.07, 6.45) is 4.03. The smallest absolute Gasteiger partial charge is 0.410 e. The maximum absolute atomic E-state index is 12.7. The third-order valence-corrected chi connectivity index (χ3v) is 4.28. The quantitative estimate of drug-likeness (QED) is 0.542. The summed E-state index contributed by atoms with van der Waals surface area (Å²) in [5.74, 6) is -0.431. The first-order chi connectivity index (χ1) is 13.3. The molecule has 1 amide bonds. The Bertz CT molecular complexity index is 665. The number of hydrogen-bond donors (Lipinski definition) is 0. The van der Waals surface area contributed by atoms with Gasteiger partial charge in [0.2, 0.25) is 0 Å². The molecule has 1 aliphatic rings. The average molecular weight is 389 g/mol. The summed E-state index contributed by atoms with van der Waals surface area (Å²) in [6, 6.07) is 9.49. The van der Waals surface area contributed by atoms with E-state index in [2.05, 4.69) is 0 Å². The summed E-state index contributed by atoms with van der Waals surface area (Å²) in [7, 11) is 0. The molecule has 1 aliphatic heterocycles. The van der Waals surface area contributed by atoms with E-state index in [0.717, 1.165) is 18.4 Å². The number of likely N-dealkylation sites (tertiary alicyclic amines) is 1. The zero-order chi connectivity index (χ0) is 20.6. The molecule has 2 rings (SSSR count). The van der Waals surface area contributed by atoms with Crippen LogP contribution in [0.15, 0.2) is 42.5 Å². The third kappa shape index (κ3) is 7.00. The Morgan fingerprint density at radius 3 is 2.57 bits per heavy atom. The van der Waals surface area contributed by atoms with E-state index in [1.54, 1.807) is 17.9 Å². The van der Waals surface area contributed by atoms with Crippen molar-refractivity contribution in [1.82, 2.24) is 4.90 Å². The summed E-state index contributed by atoms with van der Waals surface area (Å²) in [5, 5.41) is 0. The molecule has 0 radical (unpaired) electrons. The van der Waals surface area contributed by atoms with Gasteiger partial charge in [0, 0.05) is 12.6 Å². The number of nitrogens with zero attached hydrogens (tertiary/aromatic N) is 1. The highest BCUT2D eigenvalue weighted by atomic mass is 16.6. The minimum atomic E-state index is -0.593. The highest BCUT2D eigenvalue weighted by molar-refractivity contribution is 5.82. The Hall–Kier alpha value is -2.34. The number of rotatable bonds is 6. The van der Waals surface area contributed by atoms with E-state index in [0.29, 0.717) is 19.8 Å². The second kappa shape index (κ2) is 10.3. The van der Waals surface area contributed by atoms with Gasteiger partial charge in [0.15, 0.2) is 0 Å². The molecule has 1 saturated heterocycles. The lowest BCUT2D eigenvalue weighted by Gasteiger charge is -2.40. The average Bonchev–Trinajstić information content (AvgIpc) is 2.64. The normalized spacial score (nSPS) is 20.2. The molecule has 1 fully saturated rings. The third-order valence-electron chi connectivity index (χ3n) is 4.28. The second-order valence-corrected chi connectivity index (χ2v) is 7.75. The van der Waals surface area contributed by atoms with Crippen LogP contribution in [0, 0.1) is 0 Å². The highest BCUT2D eigenvalue weighted by Crippen LogP contribution is 2.25. The molecular weight excluding hydrogens is 358 g/mol. The Morgan fingerprint density at radius 1 is 1.21 bits per heavy atom. The second-order valence-electron chi connectivity index (χ2n) is 7.75. The van der Waals surface area contributed by atoms with Gasteiger partial charge in [0.1, 0.15) is 5.60 Å². The van der Waals surface area contributed by atoms with Gasteiger partial charge < -0.3 is 14.2 Å². The van der Waals surface area contributed by atoms with Crippen LogP contribution in [-0.4, -0.2) is 47.9 Å².